The summed E-state index contributed by atoms with van der Waals surface area (Å²) in [6.07, 6.45) is 1.59. The van der Waals surface area contributed by atoms with E-state index in [0.717, 1.165) is 11.1 Å². The van der Waals surface area contributed by atoms with E-state index in [4.69, 9.17) is 9.47 Å². The number of carboxylic acids is 1. The molecule has 0 aliphatic rings. The maximum absolute atomic E-state index is 12.5. The number of pyridine rings is 1. The highest BCUT2D eigenvalue weighted by Gasteiger charge is 2.16. The second-order valence-electron chi connectivity index (χ2n) is 7.21. The molecule has 0 aliphatic heterocycles. The van der Waals surface area contributed by atoms with E-state index in [0.29, 0.717) is 42.9 Å². The predicted octanol–water partition coefficient (Wildman–Crippen LogP) is 2.60. The van der Waals surface area contributed by atoms with E-state index in [1.807, 2.05) is 31.2 Å². The van der Waals surface area contributed by atoms with Crippen LogP contribution in [0, 0.1) is 0 Å². The first-order valence-corrected chi connectivity index (χ1v) is 10.3. The van der Waals surface area contributed by atoms with Crippen LogP contribution in [0.15, 0.2) is 53.5 Å². The number of fused-ring (bicyclic) bond motifs is 1. The van der Waals surface area contributed by atoms with Crippen molar-refractivity contribution in [2.75, 3.05) is 20.3 Å². The number of aromatic carboxylic acids is 1. The van der Waals surface area contributed by atoms with Crippen LogP contribution in [0.1, 0.15) is 28.4 Å². The zero-order valence-electron chi connectivity index (χ0n) is 18.1. The Morgan fingerprint density at radius 2 is 1.88 bits per heavy atom. The van der Waals surface area contributed by atoms with Crippen molar-refractivity contribution in [2.24, 2.45) is 0 Å². The molecule has 168 valence electrons. The van der Waals surface area contributed by atoms with Gasteiger partial charge in [-0.25, -0.2) is 4.79 Å². The molecule has 8 heteroatoms. The number of nitrogens with one attached hydrogen (secondary N) is 1. The second-order valence-corrected chi connectivity index (χ2v) is 7.21. The van der Waals surface area contributed by atoms with Crippen molar-refractivity contribution in [3.8, 4) is 5.75 Å². The molecule has 0 atom stereocenters. The van der Waals surface area contributed by atoms with Gasteiger partial charge in [0, 0.05) is 25.8 Å². The van der Waals surface area contributed by atoms with E-state index in [1.54, 1.807) is 22.8 Å². The minimum absolute atomic E-state index is 0.233. The topological polar surface area (TPSA) is 107 Å². The lowest BCUT2D eigenvalue weighted by Crippen LogP contribution is -2.22. The van der Waals surface area contributed by atoms with Crippen molar-refractivity contribution in [1.29, 1.82) is 0 Å². The molecule has 0 saturated heterocycles. The highest BCUT2D eigenvalue weighted by molar-refractivity contribution is 5.94. The Balaban J connectivity index is 1.64. The molecule has 1 aromatic heterocycles. The van der Waals surface area contributed by atoms with Crippen LogP contribution >= 0.6 is 0 Å². The molecule has 0 radical (unpaired) electrons. The number of aromatic nitrogens is 1. The van der Waals surface area contributed by atoms with Gasteiger partial charge in [0.05, 0.1) is 24.4 Å². The van der Waals surface area contributed by atoms with Gasteiger partial charge in [-0.1, -0.05) is 30.3 Å². The average molecular weight is 438 g/mol. The molecule has 0 saturated carbocycles. The first-order chi connectivity index (χ1) is 15.4. The van der Waals surface area contributed by atoms with Crippen LogP contribution in [-0.4, -0.2) is 41.9 Å². The van der Waals surface area contributed by atoms with Gasteiger partial charge in [0.25, 0.3) is 0 Å². The normalized spacial score (nSPS) is 10.8. The number of benzene rings is 2. The predicted molar refractivity (Wildman–Crippen MR) is 120 cm³/mol. The maximum Gasteiger partial charge on any atom is 0.341 e. The number of carbonyl (C=O) groups excluding carboxylic acids is 1. The van der Waals surface area contributed by atoms with Crippen molar-refractivity contribution in [1.82, 2.24) is 9.88 Å². The largest absolute Gasteiger partial charge is 0.490 e. The molecular formula is C24H26N2O6. The SMILES string of the molecule is CCn1cc(C(=O)O)c(=O)c2cccc(OCCNCc3cccc(CC(=O)OC)c3)c21. The molecule has 32 heavy (non-hydrogen) atoms. The molecule has 0 unspecified atom stereocenters. The number of esters is 1. The van der Waals surface area contributed by atoms with Gasteiger partial charge in [-0.15, -0.1) is 0 Å². The van der Waals surface area contributed by atoms with Gasteiger partial charge in [-0.05, 0) is 30.2 Å². The van der Waals surface area contributed by atoms with Crippen LogP contribution in [0.5, 0.6) is 5.75 Å². The zero-order valence-corrected chi connectivity index (χ0v) is 18.1. The molecule has 0 bridgehead atoms. The summed E-state index contributed by atoms with van der Waals surface area (Å²) in [7, 11) is 1.37. The molecule has 2 N–H and O–H groups in total. The van der Waals surface area contributed by atoms with Gasteiger partial charge in [0.2, 0.25) is 5.43 Å². The third-order valence-corrected chi connectivity index (χ3v) is 5.06. The Hall–Kier alpha value is -3.65. The van der Waals surface area contributed by atoms with Crippen LogP contribution in [0.3, 0.4) is 0 Å². The fourth-order valence-electron chi connectivity index (χ4n) is 3.50. The molecule has 0 spiro atoms. The lowest BCUT2D eigenvalue weighted by atomic mass is 10.1. The highest BCUT2D eigenvalue weighted by Crippen LogP contribution is 2.24. The van der Waals surface area contributed by atoms with E-state index in [9.17, 15) is 19.5 Å². The summed E-state index contributed by atoms with van der Waals surface area (Å²) in [4.78, 5) is 35.4. The number of aryl methyl sites for hydroxylation is 1. The fourth-order valence-corrected chi connectivity index (χ4v) is 3.50. The molecule has 1 heterocycles. The molecule has 2 aromatic carbocycles. The Kier molecular flexibility index (Phi) is 7.62. The smallest absolute Gasteiger partial charge is 0.341 e. The monoisotopic (exact) mass is 438 g/mol. The van der Waals surface area contributed by atoms with E-state index in [1.165, 1.54) is 13.3 Å². The van der Waals surface area contributed by atoms with Crippen molar-refractivity contribution >= 4 is 22.8 Å². The molecular weight excluding hydrogens is 412 g/mol. The molecule has 0 fully saturated rings. The number of carbonyl (C=O) groups is 2. The number of para-hydroxylation sites is 1. The van der Waals surface area contributed by atoms with Gasteiger partial charge in [-0.3, -0.25) is 9.59 Å². The molecule has 3 rings (SSSR count). The van der Waals surface area contributed by atoms with E-state index in [2.05, 4.69) is 5.32 Å². The number of hydrogen-bond acceptors (Lipinski definition) is 6. The summed E-state index contributed by atoms with van der Waals surface area (Å²) >= 11 is 0. The van der Waals surface area contributed by atoms with Crippen molar-refractivity contribution in [3.63, 3.8) is 0 Å². The minimum atomic E-state index is -1.25. The quantitative estimate of drug-likeness (QED) is 0.370. The summed E-state index contributed by atoms with van der Waals surface area (Å²) in [5.41, 5.74) is 1.74. The first-order valence-electron chi connectivity index (χ1n) is 10.3. The summed E-state index contributed by atoms with van der Waals surface area (Å²) in [6, 6.07) is 12.8. The van der Waals surface area contributed by atoms with Crippen molar-refractivity contribution in [2.45, 2.75) is 26.4 Å². The first kappa shape index (κ1) is 23.0. The van der Waals surface area contributed by atoms with Gasteiger partial charge < -0.3 is 24.5 Å². The molecule has 0 aliphatic carbocycles. The molecule has 3 aromatic rings. The van der Waals surface area contributed by atoms with Crippen LogP contribution in [0.25, 0.3) is 10.9 Å². The van der Waals surface area contributed by atoms with Crippen molar-refractivity contribution < 1.29 is 24.2 Å². The second kappa shape index (κ2) is 10.6. The van der Waals surface area contributed by atoms with Gasteiger partial charge in [-0.2, -0.15) is 0 Å². The van der Waals surface area contributed by atoms with E-state index in [-0.39, 0.29) is 18.0 Å². The number of nitrogens with zero attached hydrogens (tertiary/aromatic N) is 1. The average Bonchev–Trinajstić information content (AvgIpc) is 2.79. The third-order valence-electron chi connectivity index (χ3n) is 5.06. The summed E-state index contributed by atoms with van der Waals surface area (Å²) in [5.74, 6) is -0.995. The number of methoxy groups -OCH3 is 1. The standard InChI is InChI=1S/C24H26N2O6/c1-3-26-15-19(24(29)30)23(28)18-8-5-9-20(22(18)26)32-11-10-25-14-17-7-4-6-16(12-17)13-21(27)31-2/h4-9,12,15,25H,3,10-11,13-14H2,1-2H3,(H,29,30). The lowest BCUT2D eigenvalue weighted by Gasteiger charge is -2.15. The van der Waals surface area contributed by atoms with Crippen molar-refractivity contribution in [3.05, 3.63) is 75.6 Å². The lowest BCUT2D eigenvalue weighted by molar-refractivity contribution is -0.139. The minimum Gasteiger partial charge on any atom is -0.490 e. The number of rotatable bonds is 10. The summed E-state index contributed by atoms with van der Waals surface area (Å²) < 4.78 is 12.3. The zero-order chi connectivity index (χ0) is 23.1. The fraction of sp³-hybridized carbons (Fsp3) is 0.292. The summed E-state index contributed by atoms with van der Waals surface area (Å²) in [5, 5.41) is 12.9. The molecule has 0 amide bonds. The molecule has 8 nitrogen and oxygen atoms in total. The number of carboxylic acid groups (broad SMARTS) is 1. The number of hydrogen-bond donors (Lipinski definition) is 2. The van der Waals surface area contributed by atoms with Crippen LogP contribution in [-0.2, 0) is 29.0 Å². The van der Waals surface area contributed by atoms with E-state index < -0.39 is 11.4 Å². The van der Waals surface area contributed by atoms with E-state index >= 15 is 0 Å². The number of ether oxygens (including phenoxy) is 2. The third kappa shape index (κ3) is 5.33. The van der Waals surface area contributed by atoms with Gasteiger partial charge in [0.1, 0.15) is 17.9 Å². The van der Waals surface area contributed by atoms with Crippen LogP contribution < -0.4 is 15.5 Å². The van der Waals surface area contributed by atoms with Crippen LogP contribution in [0.2, 0.25) is 0 Å². The Morgan fingerprint density at radius 1 is 1.12 bits per heavy atom. The Labute approximate surface area is 185 Å². The highest BCUT2D eigenvalue weighted by atomic mass is 16.5. The maximum atomic E-state index is 12.5. The summed E-state index contributed by atoms with van der Waals surface area (Å²) in [6.45, 7) is 3.90. The Morgan fingerprint density at radius 3 is 2.59 bits per heavy atom. The van der Waals surface area contributed by atoms with Crippen LogP contribution in [0.4, 0.5) is 0 Å². The van der Waals surface area contributed by atoms with Gasteiger partial charge >= 0.3 is 11.9 Å². The Bertz CT molecular complexity index is 1180. The van der Waals surface area contributed by atoms with Gasteiger partial charge in [0.15, 0.2) is 0 Å².